The van der Waals surface area contributed by atoms with Gasteiger partial charge in [0.15, 0.2) is 11.5 Å². The number of rotatable bonds is 7. The second-order valence-corrected chi connectivity index (χ2v) is 8.05. The molecule has 0 amide bonds. The summed E-state index contributed by atoms with van der Waals surface area (Å²) in [5.74, 6) is 1.000. The smallest absolute Gasteiger partial charge is 0.329 e. The van der Waals surface area contributed by atoms with Crippen LogP contribution in [0.4, 0.5) is 4.39 Å². The molecule has 0 aliphatic heterocycles. The van der Waals surface area contributed by atoms with E-state index in [1.165, 1.54) is 12.1 Å². The van der Waals surface area contributed by atoms with Crippen molar-refractivity contribution in [2.45, 2.75) is 20.0 Å². The molecule has 31 heavy (non-hydrogen) atoms. The van der Waals surface area contributed by atoms with Crippen LogP contribution in [0.3, 0.4) is 0 Å². The van der Waals surface area contributed by atoms with E-state index in [2.05, 4.69) is 15.9 Å². The number of halogens is 2. The highest BCUT2D eigenvalue weighted by atomic mass is 79.9. The summed E-state index contributed by atoms with van der Waals surface area (Å²) in [5, 5.41) is 0. The van der Waals surface area contributed by atoms with Crippen molar-refractivity contribution in [3.63, 3.8) is 0 Å². The molecule has 1 aromatic heterocycles. The lowest BCUT2D eigenvalue weighted by Gasteiger charge is -2.11. The zero-order valence-electron chi connectivity index (χ0n) is 17.3. The highest BCUT2D eigenvalue weighted by Gasteiger charge is 2.15. The van der Waals surface area contributed by atoms with E-state index >= 15 is 0 Å². The van der Waals surface area contributed by atoms with Gasteiger partial charge in [0.2, 0.25) is 0 Å². The van der Waals surface area contributed by atoms with Gasteiger partial charge in [-0.15, -0.1) is 0 Å². The molecule has 7 heteroatoms. The summed E-state index contributed by atoms with van der Waals surface area (Å²) in [7, 11) is 1.60. The number of benzene rings is 3. The number of hydrogen-bond acceptors (Lipinski definition) is 3. The molecule has 0 bridgehead atoms. The minimum atomic E-state index is -0.300. The minimum Gasteiger partial charge on any atom is -0.493 e. The summed E-state index contributed by atoms with van der Waals surface area (Å²) in [6.45, 7) is 3.17. The Labute approximate surface area is 187 Å². The molecule has 0 aliphatic rings. The molecule has 0 unspecified atom stereocenters. The van der Waals surface area contributed by atoms with Crippen molar-refractivity contribution < 1.29 is 13.9 Å². The average molecular weight is 485 g/mol. The van der Waals surface area contributed by atoms with Gasteiger partial charge in [-0.2, -0.15) is 0 Å². The van der Waals surface area contributed by atoms with E-state index in [-0.39, 0.29) is 11.5 Å². The van der Waals surface area contributed by atoms with Crippen LogP contribution in [0.5, 0.6) is 11.5 Å². The molecule has 0 radical (unpaired) electrons. The molecule has 160 valence electrons. The Balaban J connectivity index is 1.78. The van der Waals surface area contributed by atoms with Crippen LogP contribution in [0.1, 0.15) is 18.1 Å². The van der Waals surface area contributed by atoms with E-state index in [0.717, 1.165) is 26.6 Å². The molecule has 5 nitrogen and oxygen atoms in total. The SMILES string of the molecule is CCOc1cc(Cn2c(=O)n(Cc3ccc(F)cc3)c3cc(Br)ccc32)ccc1OC. The van der Waals surface area contributed by atoms with E-state index in [0.29, 0.717) is 31.2 Å². The summed E-state index contributed by atoms with van der Waals surface area (Å²) in [6, 6.07) is 17.6. The number of hydrogen-bond donors (Lipinski definition) is 0. The molecule has 4 rings (SSSR count). The van der Waals surface area contributed by atoms with E-state index < -0.39 is 0 Å². The molecular weight excluding hydrogens is 463 g/mol. The maximum absolute atomic E-state index is 13.4. The van der Waals surface area contributed by atoms with Gasteiger partial charge in [0.25, 0.3) is 0 Å². The largest absolute Gasteiger partial charge is 0.493 e. The Kier molecular flexibility index (Phi) is 6.13. The fourth-order valence-corrected chi connectivity index (χ4v) is 3.99. The van der Waals surface area contributed by atoms with Gasteiger partial charge in [-0.05, 0) is 60.5 Å². The standard InChI is InChI=1S/C24H22BrFN2O3/c1-3-31-23-12-17(6-11-22(23)30-2)15-27-20-10-7-18(25)13-21(20)28(24(27)29)14-16-4-8-19(26)9-5-16/h4-13H,3,14-15H2,1-2H3. The minimum absolute atomic E-state index is 0.133. The Bertz CT molecular complexity index is 1280. The van der Waals surface area contributed by atoms with Crippen LogP contribution < -0.4 is 15.2 Å². The lowest BCUT2D eigenvalue weighted by molar-refractivity contribution is 0.310. The number of fused-ring (bicyclic) bond motifs is 1. The van der Waals surface area contributed by atoms with E-state index in [4.69, 9.17) is 9.47 Å². The highest BCUT2D eigenvalue weighted by Crippen LogP contribution is 2.29. The van der Waals surface area contributed by atoms with E-state index in [9.17, 15) is 9.18 Å². The van der Waals surface area contributed by atoms with Crippen molar-refractivity contribution in [3.05, 3.63) is 92.6 Å². The molecule has 0 aliphatic carbocycles. The normalized spacial score (nSPS) is 11.1. The molecule has 1 heterocycles. The summed E-state index contributed by atoms with van der Waals surface area (Å²) in [6.07, 6.45) is 0. The Morgan fingerprint density at radius 3 is 2.26 bits per heavy atom. The molecule has 0 saturated carbocycles. The van der Waals surface area contributed by atoms with Gasteiger partial charge in [-0.25, -0.2) is 9.18 Å². The first-order valence-electron chi connectivity index (χ1n) is 9.93. The first kappa shape index (κ1) is 21.2. The maximum Gasteiger partial charge on any atom is 0.329 e. The van der Waals surface area contributed by atoms with Crippen LogP contribution in [0.2, 0.25) is 0 Å². The fourth-order valence-electron chi connectivity index (χ4n) is 3.64. The van der Waals surface area contributed by atoms with E-state index in [1.54, 1.807) is 28.4 Å². The Morgan fingerprint density at radius 1 is 0.871 bits per heavy atom. The van der Waals surface area contributed by atoms with Gasteiger partial charge >= 0.3 is 5.69 Å². The van der Waals surface area contributed by atoms with Crippen molar-refractivity contribution in [3.8, 4) is 11.5 Å². The molecule has 4 aromatic rings. The molecule has 0 atom stereocenters. The fraction of sp³-hybridized carbons (Fsp3) is 0.208. The van der Waals surface area contributed by atoms with Crippen molar-refractivity contribution >= 4 is 27.0 Å². The van der Waals surface area contributed by atoms with Crippen LogP contribution in [-0.4, -0.2) is 22.9 Å². The zero-order chi connectivity index (χ0) is 22.0. The average Bonchev–Trinajstić information content (AvgIpc) is 3.01. The van der Waals surface area contributed by atoms with E-state index in [1.807, 2.05) is 43.3 Å². The van der Waals surface area contributed by atoms with Gasteiger partial charge in [-0.3, -0.25) is 9.13 Å². The third-order valence-corrected chi connectivity index (χ3v) is 5.60. The van der Waals surface area contributed by atoms with Crippen molar-refractivity contribution in [2.24, 2.45) is 0 Å². The molecule has 0 fully saturated rings. The Morgan fingerprint density at radius 2 is 1.55 bits per heavy atom. The summed E-state index contributed by atoms with van der Waals surface area (Å²) in [4.78, 5) is 13.4. The predicted octanol–water partition coefficient (Wildman–Crippen LogP) is 5.21. The zero-order valence-corrected chi connectivity index (χ0v) is 18.9. The molecule has 0 saturated heterocycles. The maximum atomic E-state index is 13.4. The number of aromatic nitrogens is 2. The third-order valence-electron chi connectivity index (χ3n) is 5.10. The first-order valence-corrected chi connectivity index (χ1v) is 10.7. The summed E-state index contributed by atoms with van der Waals surface area (Å²) >= 11 is 3.50. The van der Waals surface area contributed by atoms with Crippen molar-refractivity contribution in [2.75, 3.05) is 13.7 Å². The number of imidazole rings is 1. The van der Waals surface area contributed by atoms with Crippen LogP contribution in [0, 0.1) is 5.82 Å². The van der Waals surface area contributed by atoms with Gasteiger partial charge in [0.1, 0.15) is 5.82 Å². The van der Waals surface area contributed by atoms with Gasteiger partial charge in [0.05, 0.1) is 37.8 Å². The quantitative estimate of drug-likeness (QED) is 0.361. The number of nitrogens with zero attached hydrogens (tertiary/aromatic N) is 2. The van der Waals surface area contributed by atoms with Gasteiger partial charge in [-0.1, -0.05) is 34.1 Å². The molecule has 0 N–H and O–H groups in total. The van der Waals surface area contributed by atoms with Crippen molar-refractivity contribution in [1.29, 1.82) is 0 Å². The van der Waals surface area contributed by atoms with Crippen LogP contribution in [0.15, 0.2) is 69.9 Å². The third kappa shape index (κ3) is 4.37. The van der Waals surface area contributed by atoms with Crippen LogP contribution >= 0.6 is 15.9 Å². The highest BCUT2D eigenvalue weighted by molar-refractivity contribution is 9.10. The predicted molar refractivity (Wildman–Crippen MR) is 123 cm³/mol. The second kappa shape index (κ2) is 8.98. The monoisotopic (exact) mass is 484 g/mol. The molecule has 0 spiro atoms. The topological polar surface area (TPSA) is 45.4 Å². The summed E-state index contributed by atoms with van der Waals surface area (Å²) in [5.41, 5.74) is 3.28. The lowest BCUT2D eigenvalue weighted by Crippen LogP contribution is -2.25. The Hall–Kier alpha value is -3.06. The second-order valence-electron chi connectivity index (χ2n) is 7.13. The van der Waals surface area contributed by atoms with Crippen LogP contribution in [-0.2, 0) is 13.1 Å². The van der Waals surface area contributed by atoms with Crippen LogP contribution in [0.25, 0.3) is 11.0 Å². The lowest BCUT2D eigenvalue weighted by atomic mass is 10.2. The van der Waals surface area contributed by atoms with Gasteiger partial charge < -0.3 is 9.47 Å². The first-order chi connectivity index (χ1) is 15.0. The summed E-state index contributed by atoms with van der Waals surface area (Å²) < 4.78 is 28.7. The molecular formula is C24H22BrFN2O3. The molecule has 3 aromatic carbocycles. The number of methoxy groups -OCH3 is 1. The number of ether oxygens (including phenoxy) is 2. The van der Waals surface area contributed by atoms with Gasteiger partial charge in [0, 0.05) is 4.47 Å². The van der Waals surface area contributed by atoms with Crippen molar-refractivity contribution in [1.82, 2.24) is 9.13 Å².